The molecule has 1 aromatic carbocycles. The summed E-state index contributed by atoms with van der Waals surface area (Å²) >= 11 is 0. The van der Waals surface area contributed by atoms with Crippen LogP contribution in [-0.4, -0.2) is 19.5 Å². The summed E-state index contributed by atoms with van der Waals surface area (Å²) in [7, 11) is 1.53. The van der Waals surface area contributed by atoms with Gasteiger partial charge in [0.15, 0.2) is 17.4 Å². The van der Waals surface area contributed by atoms with Gasteiger partial charge in [0.1, 0.15) is 0 Å². The fourth-order valence-electron chi connectivity index (χ4n) is 1.39. The molecule has 0 saturated carbocycles. The highest BCUT2D eigenvalue weighted by Gasteiger charge is 2.20. The van der Waals surface area contributed by atoms with Gasteiger partial charge in [-0.25, -0.2) is 8.78 Å². The highest BCUT2D eigenvalue weighted by Crippen LogP contribution is 2.17. The lowest BCUT2D eigenvalue weighted by Crippen LogP contribution is -2.15. The van der Waals surface area contributed by atoms with Gasteiger partial charge in [-0.1, -0.05) is 13.0 Å². The molecule has 0 aliphatic carbocycles. The number of hydrogen-bond donors (Lipinski definition) is 0. The van der Waals surface area contributed by atoms with Crippen LogP contribution in [-0.2, 0) is 4.74 Å². The van der Waals surface area contributed by atoms with Gasteiger partial charge in [0.05, 0.1) is 5.56 Å². The average molecular weight is 228 g/mol. The molecule has 2 nitrogen and oxygen atoms in total. The fraction of sp³-hybridized carbons (Fsp3) is 0.417. The van der Waals surface area contributed by atoms with E-state index in [1.54, 1.807) is 6.92 Å². The average Bonchev–Trinajstić information content (AvgIpc) is 2.28. The normalized spacial score (nSPS) is 12.5. The van der Waals surface area contributed by atoms with Gasteiger partial charge in [0.25, 0.3) is 0 Å². The smallest absolute Gasteiger partial charge is 0.169 e. The Bertz CT molecular complexity index is 377. The predicted octanol–water partition coefficient (Wildman–Crippen LogP) is 2.82. The van der Waals surface area contributed by atoms with Gasteiger partial charge in [0, 0.05) is 19.6 Å². The monoisotopic (exact) mass is 228 g/mol. The molecule has 0 aliphatic rings. The van der Waals surface area contributed by atoms with Crippen LogP contribution >= 0.6 is 0 Å². The Morgan fingerprint density at radius 2 is 2.12 bits per heavy atom. The first kappa shape index (κ1) is 12.8. The van der Waals surface area contributed by atoms with Crippen LogP contribution in [0.2, 0.25) is 0 Å². The third kappa shape index (κ3) is 2.85. The lowest BCUT2D eigenvalue weighted by Gasteiger charge is -2.10. The molecule has 0 saturated heterocycles. The molecule has 0 amide bonds. The van der Waals surface area contributed by atoms with Crippen LogP contribution in [0.1, 0.15) is 23.7 Å². The molecular weight excluding hydrogens is 214 g/mol. The largest absolute Gasteiger partial charge is 0.385 e. The van der Waals surface area contributed by atoms with E-state index in [9.17, 15) is 13.6 Å². The second-order valence-corrected chi connectivity index (χ2v) is 3.65. The number of hydrogen-bond acceptors (Lipinski definition) is 2. The van der Waals surface area contributed by atoms with Crippen molar-refractivity contribution < 1.29 is 18.3 Å². The van der Waals surface area contributed by atoms with E-state index in [-0.39, 0.29) is 11.5 Å². The zero-order valence-corrected chi connectivity index (χ0v) is 9.30. The maximum absolute atomic E-state index is 13.3. The minimum atomic E-state index is -1.07. The maximum atomic E-state index is 13.3. The third-order valence-corrected chi connectivity index (χ3v) is 2.42. The lowest BCUT2D eigenvalue weighted by atomic mass is 9.96. The maximum Gasteiger partial charge on any atom is 0.169 e. The van der Waals surface area contributed by atoms with Crippen molar-refractivity contribution in [2.24, 2.45) is 5.92 Å². The minimum Gasteiger partial charge on any atom is -0.385 e. The van der Waals surface area contributed by atoms with Gasteiger partial charge >= 0.3 is 0 Å². The zero-order valence-electron chi connectivity index (χ0n) is 9.30. The van der Waals surface area contributed by atoms with Crippen molar-refractivity contribution in [3.8, 4) is 0 Å². The first-order valence-electron chi connectivity index (χ1n) is 5.05. The van der Waals surface area contributed by atoms with Crippen LogP contribution in [0.4, 0.5) is 8.78 Å². The molecule has 0 fully saturated rings. The van der Waals surface area contributed by atoms with Gasteiger partial charge in [0.2, 0.25) is 0 Å². The molecule has 0 heterocycles. The Morgan fingerprint density at radius 3 is 2.75 bits per heavy atom. The standard InChI is InChI=1S/C12H14F2O2/c1-8(6-7-16-2)12(15)9-4-3-5-10(13)11(9)14/h3-5,8H,6-7H2,1-2H3. The Labute approximate surface area is 93.2 Å². The number of methoxy groups -OCH3 is 1. The minimum absolute atomic E-state index is 0.191. The van der Waals surface area contributed by atoms with E-state index in [0.29, 0.717) is 13.0 Å². The molecule has 0 spiro atoms. The van der Waals surface area contributed by atoms with Crippen molar-refractivity contribution in [1.29, 1.82) is 0 Å². The van der Waals surface area contributed by atoms with Gasteiger partial charge in [-0.15, -0.1) is 0 Å². The molecule has 1 atom stereocenters. The van der Waals surface area contributed by atoms with Crippen molar-refractivity contribution in [2.45, 2.75) is 13.3 Å². The van der Waals surface area contributed by atoms with Crippen LogP contribution < -0.4 is 0 Å². The van der Waals surface area contributed by atoms with Crippen LogP contribution in [0.5, 0.6) is 0 Å². The number of carbonyl (C=O) groups is 1. The molecule has 0 aliphatic heterocycles. The van der Waals surface area contributed by atoms with Gasteiger partial charge in [-0.2, -0.15) is 0 Å². The molecule has 1 aromatic rings. The lowest BCUT2D eigenvalue weighted by molar-refractivity contribution is 0.0888. The fourth-order valence-corrected chi connectivity index (χ4v) is 1.39. The number of rotatable bonds is 5. The second kappa shape index (κ2) is 5.70. The molecule has 4 heteroatoms. The number of Topliss-reactive ketones (excluding diaryl/α,β-unsaturated/α-hetero) is 1. The Morgan fingerprint density at radius 1 is 1.44 bits per heavy atom. The highest BCUT2D eigenvalue weighted by molar-refractivity contribution is 5.97. The Kier molecular flexibility index (Phi) is 4.55. The van der Waals surface area contributed by atoms with Crippen LogP contribution in [0.25, 0.3) is 0 Å². The van der Waals surface area contributed by atoms with Gasteiger partial charge < -0.3 is 4.74 Å². The van der Waals surface area contributed by atoms with E-state index in [1.165, 1.54) is 19.2 Å². The van der Waals surface area contributed by atoms with Crippen LogP contribution in [0, 0.1) is 17.6 Å². The molecule has 1 rings (SSSR count). The topological polar surface area (TPSA) is 26.3 Å². The van der Waals surface area contributed by atoms with Gasteiger partial charge in [-0.3, -0.25) is 4.79 Å². The summed E-state index contributed by atoms with van der Waals surface area (Å²) in [6.07, 6.45) is 0.491. The van der Waals surface area contributed by atoms with E-state index >= 15 is 0 Å². The summed E-state index contributed by atoms with van der Waals surface area (Å²) in [4.78, 5) is 11.8. The molecule has 0 radical (unpaired) electrons. The molecule has 16 heavy (non-hydrogen) atoms. The van der Waals surface area contributed by atoms with E-state index in [1.807, 2.05) is 0 Å². The number of ether oxygens (including phenoxy) is 1. The molecule has 0 N–H and O–H groups in total. The summed E-state index contributed by atoms with van der Waals surface area (Å²) in [5.74, 6) is -2.84. The SMILES string of the molecule is COCCC(C)C(=O)c1cccc(F)c1F. The van der Waals surface area contributed by atoms with Crippen molar-refractivity contribution >= 4 is 5.78 Å². The molecule has 0 aromatic heterocycles. The quantitative estimate of drug-likeness (QED) is 0.724. The van der Waals surface area contributed by atoms with Crippen molar-refractivity contribution in [2.75, 3.05) is 13.7 Å². The van der Waals surface area contributed by atoms with E-state index in [2.05, 4.69) is 0 Å². The molecular formula is C12H14F2O2. The number of halogens is 2. The summed E-state index contributed by atoms with van der Waals surface area (Å²) in [6.45, 7) is 2.09. The summed E-state index contributed by atoms with van der Waals surface area (Å²) in [5, 5.41) is 0. The van der Waals surface area contributed by atoms with Crippen LogP contribution in [0.15, 0.2) is 18.2 Å². The zero-order chi connectivity index (χ0) is 12.1. The van der Waals surface area contributed by atoms with Crippen molar-refractivity contribution in [3.05, 3.63) is 35.4 Å². The first-order valence-corrected chi connectivity index (χ1v) is 5.05. The Hall–Kier alpha value is -1.29. The summed E-state index contributed by atoms with van der Waals surface area (Å²) in [5.41, 5.74) is -0.191. The molecule has 1 unspecified atom stereocenters. The molecule has 0 bridgehead atoms. The van der Waals surface area contributed by atoms with E-state index in [0.717, 1.165) is 6.07 Å². The van der Waals surface area contributed by atoms with Gasteiger partial charge in [-0.05, 0) is 18.6 Å². The van der Waals surface area contributed by atoms with Crippen molar-refractivity contribution in [1.82, 2.24) is 0 Å². The number of ketones is 1. The Balaban J connectivity index is 2.84. The highest BCUT2D eigenvalue weighted by atomic mass is 19.2. The van der Waals surface area contributed by atoms with Crippen molar-refractivity contribution in [3.63, 3.8) is 0 Å². The van der Waals surface area contributed by atoms with E-state index < -0.39 is 17.4 Å². The molecule has 88 valence electrons. The number of carbonyl (C=O) groups excluding carboxylic acids is 1. The first-order chi connectivity index (χ1) is 7.57. The van der Waals surface area contributed by atoms with E-state index in [4.69, 9.17) is 4.74 Å². The van der Waals surface area contributed by atoms with Crippen LogP contribution in [0.3, 0.4) is 0 Å². The number of benzene rings is 1. The summed E-state index contributed by atoms with van der Waals surface area (Å²) in [6, 6.07) is 3.62. The predicted molar refractivity (Wildman–Crippen MR) is 56.3 cm³/mol. The summed E-state index contributed by atoms with van der Waals surface area (Å²) < 4.78 is 31.0. The second-order valence-electron chi connectivity index (χ2n) is 3.65. The third-order valence-electron chi connectivity index (χ3n) is 2.42.